The van der Waals surface area contributed by atoms with Crippen LogP contribution in [0.15, 0.2) is 18.2 Å². The van der Waals surface area contributed by atoms with Crippen molar-refractivity contribution >= 4 is 17.3 Å². The van der Waals surface area contributed by atoms with E-state index in [2.05, 4.69) is 18.2 Å². The number of carbonyl (C=O) groups excluding carboxylic acids is 3. The third kappa shape index (κ3) is 6.38. The number of hydrogen-bond donors (Lipinski definition) is 0. The number of carbonyl (C=O) groups is 3. The highest BCUT2D eigenvalue weighted by molar-refractivity contribution is 5.79. The largest absolute Gasteiger partial charge is 0.300 e. The van der Waals surface area contributed by atoms with Gasteiger partial charge in [0.2, 0.25) is 0 Å². The molecule has 0 aliphatic heterocycles. The zero-order valence-electron chi connectivity index (χ0n) is 15.8. The summed E-state index contributed by atoms with van der Waals surface area (Å²) in [6, 6.07) is 6.29. The number of Topliss-reactive ketones (excluding diaryl/α,β-unsaturated/α-hetero) is 3. The molecule has 1 aromatic carbocycles. The third-order valence-electron chi connectivity index (χ3n) is 4.82. The zero-order valence-corrected chi connectivity index (χ0v) is 15.8. The summed E-state index contributed by atoms with van der Waals surface area (Å²) in [5, 5.41) is 0. The van der Waals surface area contributed by atoms with Crippen LogP contribution in [0.25, 0.3) is 0 Å². The van der Waals surface area contributed by atoms with Crippen molar-refractivity contribution in [2.24, 2.45) is 17.8 Å². The van der Waals surface area contributed by atoms with Crippen LogP contribution in [0.1, 0.15) is 58.2 Å². The lowest BCUT2D eigenvalue weighted by molar-refractivity contribution is -0.120. The van der Waals surface area contributed by atoms with E-state index in [1.165, 1.54) is 0 Å². The van der Waals surface area contributed by atoms with E-state index < -0.39 is 0 Å². The molecule has 3 heteroatoms. The summed E-state index contributed by atoms with van der Waals surface area (Å²) in [4.78, 5) is 34.7. The molecule has 0 spiro atoms. The summed E-state index contributed by atoms with van der Waals surface area (Å²) in [5.41, 5.74) is 3.32. The average Bonchev–Trinajstić information content (AvgIpc) is 2.46. The van der Waals surface area contributed by atoms with Gasteiger partial charge in [0.15, 0.2) is 0 Å². The highest BCUT2D eigenvalue weighted by Crippen LogP contribution is 2.20. The van der Waals surface area contributed by atoms with Crippen LogP contribution in [-0.2, 0) is 33.6 Å². The molecule has 3 nitrogen and oxygen atoms in total. The van der Waals surface area contributed by atoms with Crippen LogP contribution >= 0.6 is 0 Å². The standard InChI is InChI=1S/C21H30O3/c1-13(16(4)22)7-19-10-20(8-14(2)17(5)23)12-21(11-19)9-15(3)18(6)24/h10-15H,7-9H2,1-6H3. The van der Waals surface area contributed by atoms with Gasteiger partial charge < -0.3 is 0 Å². The minimum absolute atomic E-state index is 0.0245. The van der Waals surface area contributed by atoms with Crippen LogP contribution < -0.4 is 0 Å². The number of hydrogen-bond acceptors (Lipinski definition) is 3. The molecule has 0 fully saturated rings. The van der Waals surface area contributed by atoms with E-state index in [-0.39, 0.29) is 35.1 Å². The first-order valence-electron chi connectivity index (χ1n) is 8.73. The Kier molecular flexibility index (Phi) is 7.53. The van der Waals surface area contributed by atoms with Gasteiger partial charge in [-0.25, -0.2) is 0 Å². The van der Waals surface area contributed by atoms with Gasteiger partial charge in [0, 0.05) is 17.8 Å². The van der Waals surface area contributed by atoms with E-state index in [9.17, 15) is 14.4 Å². The molecule has 0 radical (unpaired) electrons. The molecule has 0 aliphatic rings. The molecule has 24 heavy (non-hydrogen) atoms. The molecule has 1 rings (SSSR count). The third-order valence-corrected chi connectivity index (χ3v) is 4.82. The van der Waals surface area contributed by atoms with E-state index in [0.29, 0.717) is 19.3 Å². The lowest BCUT2D eigenvalue weighted by Crippen LogP contribution is -2.14. The van der Waals surface area contributed by atoms with Crippen molar-refractivity contribution < 1.29 is 14.4 Å². The maximum absolute atomic E-state index is 11.6. The van der Waals surface area contributed by atoms with Gasteiger partial charge in [0.25, 0.3) is 0 Å². The number of rotatable bonds is 9. The maximum Gasteiger partial charge on any atom is 0.132 e. The van der Waals surface area contributed by atoms with Crippen molar-refractivity contribution in [3.8, 4) is 0 Å². The van der Waals surface area contributed by atoms with Crippen molar-refractivity contribution in [2.45, 2.75) is 60.8 Å². The van der Waals surface area contributed by atoms with Gasteiger partial charge in [-0.05, 0) is 56.7 Å². The average molecular weight is 330 g/mol. The SMILES string of the molecule is CC(=O)C(C)Cc1cc(CC(C)C(C)=O)cc(CC(C)C(C)=O)c1. The van der Waals surface area contributed by atoms with E-state index in [0.717, 1.165) is 16.7 Å². The zero-order chi connectivity index (χ0) is 18.4. The second-order valence-electron chi connectivity index (χ2n) is 7.31. The van der Waals surface area contributed by atoms with Gasteiger partial charge in [0.1, 0.15) is 17.3 Å². The van der Waals surface area contributed by atoms with E-state index >= 15 is 0 Å². The normalized spacial score (nSPS) is 14.8. The lowest BCUT2D eigenvalue weighted by atomic mass is 9.89. The van der Waals surface area contributed by atoms with Crippen molar-refractivity contribution in [1.82, 2.24) is 0 Å². The fourth-order valence-corrected chi connectivity index (χ4v) is 2.68. The van der Waals surface area contributed by atoms with Gasteiger partial charge >= 0.3 is 0 Å². The molecule has 3 unspecified atom stereocenters. The Morgan fingerprint density at radius 3 is 1.00 bits per heavy atom. The monoisotopic (exact) mass is 330 g/mol. The quantitative estimate of drug-likeness (QED) is 0.688. The summed E-state index contributed by atoms with van der Waals surface area (Å²) in [7, 11) is 0. The van der Waals surface area contributed by atoms with Crippen molar-refractivity contribution in [3.63, 3.8) is 0 Å². The molecule has 0 heterocycles. The summed E-state index contributed by atoms with van der Waals surface area (Å²) in [6.45, 7) is 10.7. The van der Waals surface area contributed by atoms with Gasteiger partial charge in [-0.2, -0.15) is 0 Å². The second-order valence-corrected chi connectivity index (χ2v) is 7.31. The summed E-state index contributed by atoms with van der Waals surface area (Å²) in [5.74, 6) is 0.458. The van der Waals surface area contributed by atoms with Gasteiger partial charge in [-0.1, -0.05) is 39.0 Å². The molecule has 0 amide bonds. The molecule has 0 N–H and O–H groups in total. The molecule has 0 saturated carbocycles. The van der Waals surface area contributed by atoms with Gasteiger partial charge in [-0.15, -0.1) is 0 Å². The first-order chi connectivity index (χ1) is 11.1. The molecule has 132 valence electrons. The summed E-state index contributed by atoms with van der Waals surface area (Å²) < 4.78 is 0. The van der Waals surface area contributed by atoms with Gasteiger partial charge in [0.05, 0.1) is 0 Å². The smallest absolute Gasteiger partial charge is 0.132 e. The predicted molar refractivity (Wildman–Crippen MR) is 97.1 cm³/mol. The van der Waals surface area contributed by atoms with Crippen LogP contribution in [0.3, 0.4) is 0 Å². The molecule has 0 aromatic heterocycles. The maximum atomic E-state index is 11.6. The van der Waals surface area contributed by atoms with Crippen molar-refractivity contribution in [2.75, 3.05) is 0 Å². The minimum Gasteiger partial charge on any atom is -0.300 e. The Morgan fingerprint density at radius 2 is 0.833 bits per heavy atom. The Labute approximate surface area is 145 Å². The molecular weight excluding hydrogens is 300 g/mol. The molecular formula is C21H30O3. The molecule has 1 aromatic rings. The highest BCUT2D eigenvalue weighted by Gasteiger charge is 2.15. The van der Waals surface area contributed by atoms with Crippen LogP contribution in [0.4, 0.5) is 0 Å². The minimum atomic E-state index is -0.0245. The number of ketones is 3. The first kappa shape index (κ1) is 20.3. The summed E-state index contributed by atoms with van der Waals surface area (Å²) in [6.07, 6.45) is 2.08. The molecule has 0 aliphatic carbocycles. The topological polar surface area (TPSA) is 51.2 Å². The number of benzene rings is 1. The Morgan fingerprint density at radius 1 is 0.625 bits per heavy atom. The fraction of sp³-hybridized carbons (Fsp3) is 0.571. The first-order valence-corrected chi connectivity index (χ1v) is 8.73. The Bertz CT molecular complexity index is 517. The summed E-state index contributed by atoms with van der Waals surface area (Å²) >= 11 is 0. The predicted octanol–water partition coefficient (Wildman–Crippen LogP) is 3.99. The molecule has 0 saturated heterocycles. The van der Waals surface area contributed by atoms with Gasteiger partial charge in [-0.3, -0.25) is 14.4 Å². The van der Waals surface area contributed by atoms with Crippen LogP contribution in [0.2, 0.25) is 0 Å². The van der Waals surface area contributed by atoms with Crippen LogP contribution in [-0.4, -0.2) is 17.3 Å². The van der Waals surface area contributed by atoms with Crippen molar-refractivity contribution in [1.29, 1.82) is 0 Å². The van der Waals surface area contributed by atoms with E-state index in [4.69, 9.17) is 0 Å². The Hall–Kier alpha value is -1.77. The fourth-order valence-electron chi connectivity index (χ4n) is 2.68. The van der Waals surface area contributed by atoms with E-state index in [1.54, 1.807) is 20.8 Å². The Balaban J connectivity index is 3.10. The van der Waals surface area contributed by atoms with E-state index in [1.807, 2.05) is 20.8 Å². The van der Waals surface area contributed by atoms with Crippen molar-refractivity contribution in [3.05, 3.63) is 34.9 Å². The molecule has 0 bridgehead atoms. The second kappa shape index (κ2) is 8.91. The highest BCUT2D eigenvalue weighted by atomic mass is 16.1. The van der Waals surface area contributed by atoms with Crippen LogP contribution in [0.5, 0.6) is 0 Å². The van der Waals surface area contributed by atoms with Crippen LogP contribution in [0, 0.1) is 17.8 Å². The lowest BCUT2D eigenvalue weighted by Gasteiger charge is -2.15. The molecule has 3 atom stereocenters.